The SMILES string of the molecule is O=CC=Nc1cccc(F)c1. The fraction of sp³-hybridized carbons (Fsp3) is 0. The minimum Gasteiger partial charge on any atom is -0.297 e. The summed E-state index contributed by atoms with van der Waals surface area (Å²) >= 11 is 0. The summed E-state index contributed by atoms with van der Waals surface area (Å²) in [4.78, 5) is 13.5. The van der Waals surface area contributed by atoms with E-state index < -0.39 is 0 Å². The molecule has 0 amide bonds. The fourth-order valence-corrected chi connectivity index (χ4v) is 0.673. The lowest BCUT2D eigenvalue weighted by Gasteiger charge is -1.89. The summed E-state index contributed by atoms with van der Waals surface area (Å²) < 4.78 is 12.4. The van der Waals surface area contributed by atoms with Crippen molar-refractivity contribution in [1.29, 1.82) is 0 Å². The number of aldehydes is 1. The molecule has 0 bridgehead atoms. The van der Waals surface area contributed by atoms with Crippen LogP contribution in [0.1, 0.15) is 0 Å². The third kappa shape index (κ3) is 2.29. The second-order valence-corrected chi connectivity index (χ2v) is 1.89. The predicted octanol–water partition coefficient (Wildman–Crippen LogP) is 1.73. The van der Waals surface area contributed by atoms with Gasteiger partial charge in [-0.1, -0.05) is 6.07 Å². The Kier molecular flexibility index (Phi) is 2.49. The molecule has 3 heteroatoms. The normalized spacial score (nSPS) is 10.3. The summed E-state index contributed by atoms with van der Waals surface area (Å²) in [6.45, 7) is 0. The van der Waals surface area contributed by atoms with E-state index in [1.165, 1.54) is 18.2 Å². The molecule has 1 aromatic carbocycles. The van der Waals surface area contributed by atoms with Crippen molar-refractivity contribution in [2.24, 2.45) is 4.99 Å². The van der Waals surface area contributed by atoms with E-state index in [2.05, 4.69) is 4.99 Å². The van der Waals surface area contributed by atoms with E-state index in [1.807, 2.05) is 0 Å². The number of nitrogens with zero attached hydrogens (tertiary/aromatic N) is 1. The van der Waals surface area contributed by atoms with E-state index in [1.54, 1.807) is 6.07 Å². The molecule has 0 saturated carbocycles. The maximum atomic E-state index is 12.4. The van der Waals surface area contributed by atoms with Crippen LogP contribution in [0.3, 0.4) is 0 Å². The van der Waals surface area contributed by atoms with Crippen molar-refractivity contribution in [3.63, 3.8) is 0 Å². The Hall–Kier alpha value is -1.51. The Bertz CT molecular complexity index is 283. The number of carbonyl (C=O) groups excluding carboxylic acids is 1. The summed E-state index contributed by atoms with van der Waals surface area (Å²) in [5, 5.41) is 0. The highest BCUT2D eigenvalue weighted by molar-refractivity contribution is 6.13. The second kappa shape index (κ2) is 3.61. The van der Waals surface area contributed by atoms with Crippen LogP contribution in [0.25, 0.3) is 0 Å². The van der Waals surface area contributed by atoms with Gasteiger partial charge in [-0.05, 0) is 18.2 Å². The van der Waals surface area contributed by atoms with Gasteiger partial charge in [0, 0.05) is 0 Å². The van der Waals surface area contributed by atoms with Crippen LogP contribution in [0.5, 0.6) is 0 Å². The van der Waals surface area contributed by atoms with Crippen LogP contribution in [0.15, 0.2) is 29.3 Å². The molecule has 0 N–H and O–H groups in total. The molecule has 0 saturated heterocycles. The van der Waals surface area contributed by atoms with Crippen LogP contribution in [0.4, 0.5) is 10.1 Å². The number of rotatable bonds is 2. The van der Waals surface area contributed by atoms with Gasteiger partial charge < -0.3 is 0 Å². The Morgan fingerprint density at radius 3 is 2.91 bits per heavy atom. The molecule has 1 aromatic rings. The molecule has 0 unspecified atom stereocenters. The standard InChI is InChI=1S/C8H6FNO/c9-7-2-1-3-8(6-7)10-4-5-11/h1-6H. The number of aliphatic imine (C=N–C) groups is 1. The average molecular weight is 151 g/mol. The Morgan fingerprint density at radius 2 is 2.27 bits per heavy atom. The zero-order chi connectivity index (χ0) is 8.10. The molecular weight excluding hydrogens is 145 g/mol. The number of hydrogen-bond acceptors (Lipinski definition) is 2. The molecule has 0 aliphatic rings. The van der Waals surface area contributed by atoms with Crippen molar-refractivity contribution in [3.8, 4) is 0 Å². The van der Waals surface area contributed by atoms with Crippen molar-refractivity contribution in [2.75, 3.05) is 0 Å². The van der Waals surface area contributed by atoms with Gasteiger partial charge in [-0.2, -0.15) is 0 Å². The first-order chi connectivity index (χ1) is 5.33. The fourth-order valence-electron chi connectivity index (χ4n) is 0.673. The summed E-state index contributed by atoms with van der Waals surface area (Å²) in [6.07, 6.45) is 1.62. The molecule has 0 spiro atoms. The summed E-state index contributed by atoms with van der Waals surface area (Å²) in [7, 11) is 0. The van der Waals surface area contributed by atoms with Gasteiger partial charge in [0.25, 0.3) is 0 Å². The minimum atomic E-state index is -0.356. The van der Waals surface area contributed by atoms with Gasteiger partial charge in [0.15, 0.2) is 6.29 Å². The lowest BCUT2D eigenvalue weighted by molar-refractivity contribution is -0.102. The molecule has 0 aromatic heterocycles. The summed E-state index contributed by atoms with van der Waals surface area (Å²) in [6, 6.07) is 5.72. The van der Waals surface area contributed by atoms with E-state index in [-0.39, 0.29) is 5.82 Å². The van der Waals surface area contributed by atoms with Gasteiger partial charge in [-0.25, -0.2) is 4.39 Å². The molecule has 2 nitrogen and oxygen atoms in total. The van der Waals surface area contributed by atoms with Crippen LogP contribution >= 0.6 is 0 Å². The van der Waals surface area contributed by atoms with Gasteiger partial charge >= 0.3 is 0 Å². The van der Waals surface area contributed by atoms with Crippen LogP contribution in [0, 0.1) is 5.82 Å². The molecule has 0 heterocycles. The van der Waals surface area contributed by atoms with Crippen molar-refractivity contribution < 1.29 is 9.18 Å². The first-order valence-electron chi connectivity index (χ1n) is 3.06. The van der Waals surface area contributed by atoms with Crippen molar-refractivity contribution in [1.82, 2.24) is 0 Å². The number of benzene rings is 1. The van der Waals surface area contributed by atoms with Crippen LogP contribution in [-0.2, 0) is 4.79 Å². The zero-order valence-electron chi connectivity index (χ0n) is 5.70. The summed E-state index contributed by atoms with van der Waals surface area (Å²) in [5.41, 5.74) is 0.442. The van der Waals surface area contributed by atoms with Crippen molar-refractivity contribution >= 4 is 18.2 Å². The third-order valence-corrected chi connectivity index (χ3v) is 1.09. The maximum absolute atomic E-state index is 12.4. The smallest absolute Gasteiger partial charge is 0.161 e. The monoisotopic (exact) mass is 151 g/mol. The summed E-state index contributed by atoms with van der Waals surface area (Å²) in [5.74, 6) is -0.356. The maximum Gasteiger partial charge on any atom is 0.161 e. The minimum absolute atomic E-state index is 0.356. The molecule has 11 heavy (non-hydrogen) atoms. The molecule has 0 fully saturated rings. The molecule has 56 valence electrons. The Balaban J connectivity index is 2.87. The van der Waals surface area contributed by atoms with E-state index >= 15 is 0 Å². The van der Waals surface area contributed by atoms with Gasteiger partial charge in [-0.3, -0.25) is 9.79 Å². The quantitative estimate of drug-likeness (QED) is 0.467. The molecule has 0 aliphatic heterocycles. The highest BCUT2D eigenvalue weighted by Crippen LogP contribution is 2.11. The Labute approximate surface area is 63.4 Å². The van der Waals surface area contributed by atoms with Crippen LogP contribution in [0.2, 0.25) is 0 Å². The van der Waals surface area contributed by atoms with Gasteiger partial charge in [-0.15, -0.1) is 0 Å². The number of carbonyl (C=O) groups is 1. The van der Waals surface area contributed by atoms with E-state index in [4.69, 9.17) is 0 Å². The van der Waals surface area contributed by atoms with Gasteiger partial charge in [0.05, 0.1) is 11.9 Å². The predicted molar refractivity (Wildman–Crippen MR) is 40.6 cm³/mol. The third-order valence-electron chi connectivity index (χ3n) is 1.09. The van der Waals surface area contributed by atoms with E-state index in [0.717, 1.165) is 6.21 Å². The number of hydrogen-bond donors (Lipinski definition) is 0. The number of halogens is 1. The first-order valence-corrected chi connectivity index (χ1v) is 3.06. The highest BCUT2D eigenvalue weighted by atomic mass is 19.1. The van der Waals surface area contributed by atoms with E-state index in [9.17, 15) is 9.18 Å². The first kappa shape index (κ1) is 7.60. The van der Waals surface area contributed by atoms with Crippen LogP contribution < -0.4 is 0 Å². The average Bonchev–Trinajstić information content (AvgIpc) is 2.01. The second-order valence-electron chi connectivity index (χ2n) is 1.89. The van der Waals surface area contributed by atoms with Crippen LogP contribution in [-0.4, -0.2) is 12.5 Å². The molecule has 0 radical (unpaired) electrons. The lowest BCUT2D eigenvalue weighted by atomic mass is 10.3. The topological polar surface area (TPSA) is 29.4 Å². The van der Waals surface area contributed by atoms with Gasteiger partial charge in [0.2, 0.25) is 0 Å². The lowest BCUT2D eigenvalue weighted by Crippen LogP contribution is -1.74. The van der Waals surface area contributed by atoms with Crippen molar-refractivity contribution in [3.05, 3.63) is 30.1 Å². The van der Waals surface area contributed by atoms with Crippen molar-refractivity contribution in [2.45, 2.75) is 0 Å². The zero-order valence-corrected chi connectivity index (χ0v) is 5.70. The Morgan fingerprint density at radius 1 is 1.45 bits per heavy atom. The highest BCUT2D eigenvalue weighted by Gasteiger charge is 1.89. The largest absolute Gasteiger partial charge is 0.297 e. The van der Waals surface area contributed by atoms with E-state index in [0.29, 0.717) is 12.0 Å². The molecule has 0 atom stereocenters. The molecular formula is C8H6FNO. The molecule has 0 aliphatic carbocycles. The molecule has 1 rings (SSSR count). The van der Waals surface area contributed by atoms with Gasteiger partial charge in [0.1, 0.15) is 5.82 Å².